The molecule has 0 radical (unpaired) electrons. The fourth-order valence-corrected chi connectivity index (χ4v) is 5.57. The molecule has 1 heterocycles. The van der Waals surface area contributed by atoms with Crippen molar-refractivity contribution in [3.8, 4) is 0 Å². The predicted molar refractivity (Wildman–Crippen MR) is 112 cm³/mol. The molecule has 3 rings (SSSR count). The molecule has 1 saturated heterocycles. The lowest BCUT2D eigenvalue weighted by Crippen LogP contribution is -2.63. The lowest BCUT2D eigenvalue weighted by atomic mass is 9.72. The van der Waals surface area contributed by atoms with E-state index in [-0.39, 0.29) is 18.3 Å². The highest BCUT2D eigenvalue weighted by atomic mass is 32.2. The van der Waals surface area contributed by atoms with Gasteiger partial charge in [0.05, 0.1) is 0 Å². The van der Waals surface area contributed by atoms with E-state index < -0.39 is 22.5 Å². The van der Waals surface area contributed by atoms with E-state index in [0.29, 0.717) is 18.1 Å². The van der Waals surface area contributed by atoms with Crippen molar-refractivity contribution in [2.45, 2.75) is 62.7 Å². The van der Waals surface area contributed by atoms with E-state index in [4.69, 9.17) is 9.47 Å². The van der Waals surface area contributed by atoms with E-state index in [9.17, 15) is 9.59 Å². The number of benzene rings is 1. The lowest BCUT2D eigenvalue weighted by Gasteiger charge is -2.50. The summed E-state index contributed by atoms with van der Waals surface area (Å²) in [7, 11) is 0. The second-order valence-corrected chi connectivity index (χ2v) is 9.70. The van der Waals surface area contributed by atoms with Gasteiger partial charge >= 0.3 is 11.9 Å². The van der Waals surface area contributed by atoms with Gasteiger partial charge in [0.1, 0.15) is 0 Å². The Balaban J connectivity index is 1.87. The standard InChI is InChI=1S/C23H30O4S/c1-5-13-22(28-15-18-9-7-6-8-10-18)20(24)26-23(27-21(22)25)14-17(4)11-12-19(23)16(2)3/h5-10,16-17,19H,1,11-15H2,2-4H3/t17-,19-,22?,23?/m1/s1. The van der Waals surface area contributed by atoms with Gasteiger partial charge < -0.3 is 9.47 Å². The average molecular weight is 403 g/mol. The van der Waals surface area contributed by atoms with Crippen molar-refractivity contribution in [1.29, 1.82) is 0 Å². The Bertz CT molecular complexity index is 709. The zero-order chi connectivity index (χ0) is 20.4. The third-order valence-corrected chi connectivity index (χ3v) is 7.39. The van der Waals surface area contributed by atoms with Gasteiger partial charge in [0, 0.05) is 24.5 Å². The summed E-state index contributed by atoms with van der Waals surface area (Å²) in [5.74, 6) is -0.934. The van der Waals surface area contributed by atoms with Crippen molar-refractivity contribution in [2.24, 2.45) is 17.8 Å². The van der Waals surface area contributed by atoms with Crippen molar-refractivity contribution >= 4 is 23.7 Å². The van der Waals surface area contributed by atoms with Gasteiger partial charge in [-0.1, -0.05) is 57.2 Å². The molecule has 1 aliphatic carbocycles. The smallest absolute Gasteiger partial charge is 0.337 e. The van der Waals surface area contributed by atoms with Gasteiger partial charge in [0.25, 0.3) is 5.79 Å². The van der Waals surface area contributed by atoms with Gasteiger partial charge in [-0.25, -0.2) is 9.59 Å². The molecule has 0 amide bonds. The number of rotatable bonds is 6. The van der Waals surface area contributed by atoms with Crippen LogP contribution in [0, 0.1) is 17.8 Å². The number of ether oxygens (including phenoxy) is 2. The van der Waals surface area contributed by atoms with Crippen LogP contribution in [0.4, 0.5) is 0 Å². The average Bonchev–Trinajstić information content (AvgIpc) is 2.64. The van der Waals surface area contributed by atoms with E-state index in [2.05, 4.69) is 27.4 Å². The number of hydrogen-bond donors (Lipinski definition) is 0. The Morgan fingerprint density at radius 2 is 1.82 bits per heavy atom. The first-order valence-corrected chi connectivity index (χ1v) is 11.1. The molecule has 1 aliphatic heterocycles. The molecule has 0 aromatic heterocycles. The van der Waals surface area contributed by atoms with Crippen LogP contribution < -0.4 is 0 Å². The van der Waals surface area contributed by atoms with E-state index in [1.807, 2.05) is 30.3 Å². The zero-order valence-corrected chi connectivity index (χ0v) is 17.8. The molecule has 0 unspecified atom stereocenters. The molecule has 152 valence electrons. The minimum absolute atomic E-state index is 0.0254. The first-order chi connectivity index (χ1) is 13.3. The van der Waals surface area contributed by atoms with Crippen LogP contribution in [0.25, 0.3) is 0 Å². The summed E-state index contributed by atoms with van der Waals surface area (Å²) in [4.78, 5) is 26.6. The van der Waals surface area contributed by atoms with Crippen molar-refractivity contribution in [1.82, 2.24) is 0 Å². The second kappa shape index (κ2) is 8.32. The van der Waals surface area contributed by atoms with Crippen LogP contribution in [0.1, 0.15) is 52.0 Å². The van der Waals surface area contributed by atoms with Crippen LogP contribution >= 0.6 is 11.8 Å². The largest absolute Gasteiger partial charge is 0.421 e. The maximum atomic E-state index is 13.3. The second-order valence-electron chi connectivity index (χ2n) is 8.42. The highest BCUT2D eigenvalue weighted by Crippen LogP contribution is 2.50. The maximum Gasteiger partial charge on any atom is 0.337 e. The summed E-state index contributed by atoms with van der Waals surface area (Å²) >= 11 is 1.28. The highest BCUT2D eigenvalue weighted by molar-refractivity contribution is 8.01. The molecule has 1 aromatic rings. The van der Waals surface area contributed by atoms with E-state index in [1.54, 1.807) is 6.08 Å². The Kier molecular flexibility index (Phi) is 6.23. The fourth-order valence-electron chi connectivity index (χ4n) is 4.41. The topological polar surface area (TPSA) is 52.6 Å². The van der Waals surface area contributed by atoms with Gasteiger partial charge in [-0.2, -0.15) is 0 Å². The molecule has 28 heavy (non-hydrogen) atoms. The van der Waals surface area contributed by atoms with Crippen LogP contribution in [-0.4, -0.2) is 22.5 Å². The lowest BCUT2D eigenvalue weighted by molar-refractivity contribution is -0.285. The van der Waals surface area contributed by atoms with Crippen LogP contribution in [0.2, 0.25) is 0 Å². The first-order valence-electron chi connectivity index (χ1n) is 10.1. The Morgan fingerprint density at radius 1 is 1.18 bits per heavy atom. The quantitative estimate of drug-likeness (QED) is 0.375. The van der Waals surface area contributed by atoms with Gasteiger partial charge in [-0.3, -0.25) is 0 Å². The van der Waals surface area contributed by atoms with Gasteiger partial charge in [0.15, 0.2) is 0 Å². The molecule has 0 bridgehead atoms. The molecule has 0 N–H and O–H groups in total. The van der Waals surface area contributed by atoms with E-state index >= 15 is 0 Å². The molecular weight excluding hydrogens is 372 g/mol. The van der Waals surface area contributed by atoms with Crippen molar-refractivity contribution in [3.05, 3.63) is 48.6 Å². The molecule has 1 aromatic carbocycles. The van der Waals surface area contributed by atoms with Crippen LogP contribution in [-0.2, 0) is 24.8 Å². The van der Waals surface area contributed by atoms with Crippen molar-refractivity contribution in [3.63, 3.8) is 0 Å². The zero-order valence-electron chi connectivity index (χ0n) is 17.0. The summed E-state index contributed by atoms with van der Waals surface area (Å²) in [6.45, 7) is 10.1. The predicted octanol–water partition coefficient (Wildman–Crippen LogP) is 5.12. The van der Waals surface area contributed by atoms with Crippen LogP contribution in [0.5, 0.6) is 0 Å². The number of thioether (sulfide) groups is 1. The Hall–Kier alpha value is -1.75. The monoisotopic (exact) mass is 402 g/mol. The highest BCUT2D eigenvalue weighted by Gasteiger charge is 2.62. The number of carbonyl (C=O) groups excluding carboxylic acids is 2. The number of allylic oxidation sites excluding steroid dienone is 1. The molecule has 4 nitrogen and oxygen atoms in total. The van der Waals surface area contributed by atoms with Crippen molar-refractivity contribution in [2.75, 3.05) is 0 Å². The minimum Gasteiger partial charge on any atom is -0.421 e. The normalized spacial score (nSPS) is 32.9. The first kappa shape index (κ1) is 21.0. The third kappa shape index (κ3) is 3.86. The molecule has 2 atom stereocenters. The Labute approximate surface area is 172 Å². The maximum absolute atomic E-state index is 13.3. The van der Waals surface area contributed by atoms with E-state index in [0.717, 1.165) is 18.4 Å². The fraction of sp³-hybridized carbons (Fsp3) is 0.565. The molecule has 1 spiro atoms. The molecule has 2 aliphatic rings. The van der Waals surface area contributed by atoms with Gasteiger partial charge in [0.2, 0.25) is 4.75 Å². The molecule has 2 fully saturated rings. The number of hydrogen-bond acceptors (Lipinski definition) is 5. The molecule has 5 heteroatoms. The Morgan fingerprint density at radius 3 is 2.39 bits per heavy atom. The summed E-state index contributed by atoms with van der Waals surface area (Å²) in [6, 6.07) is 9.79. The minimum atomic E-state index is -1.38. The summed E-state index contributed by atoms with van der Waals surface area (Å²) in [5, 5.41) is 0. The summed E-state index contributed by atoms with van der Waals surface area (Å²) in [6.07, 6.45) is 4.31. The summed E-state index contributed by atoms with van der Waals surface area (Å²) in [5.41, 5.74) is 1.04. The number of carbonyl (C=O) groups is 2. The van der Waals surface area contributed by atoms with Crippen LogP contribution in [0.3, 0.4) is 0 Å². The third-order valence-electron chi connectivity index (χ3n) is 5.92. The molecular formula is C23H30O4S. The van der Waals surface area contributed by atoms with Crippen molar-refractivity contribution < 1.29 is 19.1 Å². The number of esters is 2. The van der Waals surface area contributed by atoms with E-state index in [1.165, 1.54) is 11.8 Å². The molecule has 1 saturated carbocycles. The van der Waals surface area contributed by atoms with Crippen LogP contribution in [0.15, 0.2) is 43.0 Å². The van der Waals surface area contributed by atoms with Gasteiger partial charge in [-0.15, -0.1) is 18.3 Å². The SMILES string of the molecule is C=CCC1(SCc2ccccc2)C(=O)OC2(C[C@H](C)CC[C@@H]2C(C)C)OC1=O. The van der Waals surface area contributed by atoms with Gasteiger partial charge in [-0.05, 0) is 30.2 Å². The summed E-state index contributed by atoms with van der Waals surface area (Å²) < 4.78 is 10.7.